The van der Waals surface area contributed by atoms with Gasteiger partial charge in [0.2, 0.25) is 0 Å². The third kappa shape index (κ3) is 3.74. The van der Waals surface area contributed by atoms with Gasteiger partial charge in [0.25, 0.3) is 9.05 Å². The minimum Gasteiger partial charge on any atom is -0.492 e. The molecule has 0 aliphatic carbocycles. The zero-order chi connectivity index (χ0) is 14.8. The highest BCUT2D eigenvalue weighted by Crippen LogP contribution is 2.29. The minimum absolute atomic E-state index is 0.0301. The maximum atomic E-state index is 11.2. The van der Waals surface area contributed by atoms with Gasteiger partial charge in [-0.3, -0.25) is 0 Å². The lowest BCUT2D eigenvalue weighted by Crippen LogP contribution is -2.06. The van der Waals surface area contributed by atoms with E-state index in [0.717, 1.165) is 5.82 Å². The monoisotopic (exact) mass is 378 g/mol. The fourth-order valence-electron chi connectivity index (χ4n) is 1.64. The Morgan fingerprint density at radius 2 is 2.20 bits per heavy atom. The maximum absolute atomic E-state index is 11.2. The van der Waals surface area contributed by atoms with Gasteiger partial charge in [0.1, 0.15) is 11.6 Å². The van der Waals surface area contributed by atoms with Crippen molar-refractivity contribution in [2.75, 3.05) is 6.61 Å². The largest absolute Gasteiger partial charge is 0.492 e. The number of benzene rings is 1. The summed E-state index contributed by atoms with van der Waals surface area (Å²) in [4.78, 5) is 4.22. The summed E-state index contributed by atoms with van der Waals surface area (Å²) in [6.45, 7) is 0.441. The summed E-state index contributed by atoms with van der Waals surface area (Å²) in [5.74, 6) is 1.48. The number of imidazole rings is 1. The molecule has 1 aromatic heterocycles. The molecule has 0 atom stereocenters. The van der Waals surface area contributed by atoms with Crippen LogP contribution in [0.1, 0.15) is 5.82 Å². The Labute approximate surface area is 130 Å². The molecule has 2 rings (SSSR count). The van der Waals surface area contributed by atoms with E-state index in [9.17, 15) is 8.42 Å². The van der Waals surface area contributed by atoms with E-state index < -0.39 is 9.05 Å². The summed E-state index contributed by atoms with van der Waals surface area (Å²) in [7, 11) is 3.46. The van der Waals surface area contributed by atoms with E-state index in [1.54, 1.807) is 12.3 Å². The van der Waals surface area contributed by atoms with Gasteiger partial charge in [0, 0.05) is 36.5 Å². The molecule has 5 nitrogen and oxygen atoms in total. The Morgan fingerprint density at radius 3 is 2.75 bits per heavy atom. The lowest BCUT2D eigenvalue weighted by Gasteiger charge is -2.09. The van der Waals surface area contributed by atoms with Crippen LogP contribution in [0.5, 0.6) is 5.75 Å². The number of aromatic nitrogens is 2. The number of hydrogen-bond acceptors (Lipinski definition) is 4. The van der Waals surface area contributed by atoms with Gasteiger partial charge in [-0.05, 0) is 34.1 Å². The Bertz CT molecular complexity index is 715. The van der Waals surface area contributed by atoms with Crippen LogP contribution in [0, 0.1) is 0 Å². The lowest BCUT2D eigenvalue weighted by molar-refractivity contribution is 0.315. The summed E-state index contributed by atoms with van der Waals surface area (Å²) in [6.07, 6.45) is 4.25. The molecule has 0 saturated heterocycles. The van der Waals surface area contributed by atoms with Gasteiger partial charge in [-0.2, -0.15) is 0 Å². The fourth-order valence-corrected chi connectivity index (χ4v) is 3.06. The highest BCUT2D eigenvalue weighted by atomic mass is 79.9. The van der Waals surface area contributed by atoms with Crippen LogP contribution in [0.2, 0.25) is 0 Å². The Kier molecular flexibility index (Phi) is 4.72. The molecule has 0 aliphatic heterocycles. The van der Waals surface area contributed by atoms with E-state index in [0.29, 0.717) is 23.2 Å². The quantitative estimate of drug-likeness (QED) is 0.750. The summed E-state index contributed by atoms with van der Waals surface area (Å²) in [5, 5.41) is 0. The van der Waals surface area contributed by atoms with Crippen molar-refractivity contribution in [3.8, 4) is 5.75 Å². The topological polar surface area (TPSA) is 61.2 Å². The number of hydrogen-bond donors (Lipinski definition) is 0. The summed E-state index contributed by atoms with van der Waals surface area (Å²) in [5.41, 5.74) is 0. The van der Waals surface area contributed by atoms with Gasteiger partial charge in [0.15, 0.2) is 0 Å². The van der Waals surface area contributed by atoms with E-state index in [1.807, 2.05) is 17.8 Å². The third-order valence-corrected chi connectivity index (χ3v) is 4.66. The molecule has 1 heterocycles. The number of halogens is 2. The third-order valence-electron chi connectivity index (χ3n) is 2.69. The van der Waals surface area contributed by atoms with E-state index in [-0.39, 0.29) is 4.90 Å². The number of ether oxygens (including phenoxy) is 1. The lowest BCUT2D eigenvalue weighted by atomic mass is 10.3. The fraction of sp³-hybridized carbons (Fsp3) is 0.250. The highest BCUT2D eigenvalue weighted by Gasteiger charge is 2.12. The molecule has 108 valence electrons. The van der Waals surface area contributed by atoms with Crippen LogP contribution in [0.4, 0.5) is 0 Å². The smallest absolute Gasteiger partial charge is 0.261 e. The first-order valence-electron chi connectivity index (χ1n) is 5.71. The van der Waals surface area contributed by atoms with Crippen LogP contribution in [-0.2, 0) is 22.5 Å². The zero-order valence-electron chi connectivity index (χ0n) is 10.6. The van der Waals surface area contributed by atoms with Crippen molar-refractivity contribution in [3.05, 3.63) is 40.9 Å². The number of nitrogens with zero attached hydrogens (tertiary/aromatic N) is 2. The number of aryl methyl sites for hydroxylation is 1. The molecule has 0 fully saturated rings. The summed E-state index contributed by atoms with van der Waals surface area (Å²) < 4.78 is 30.4. The Balaban J connectivity index is 2.02. The van der Waals surface area contributed by atoms with E-state index >= 15 is 0 Å². The number of rotatable bonds is 5. The van der Waals surface area contributed by atoms with Gasteiger partial charge < -0.3 is 9.30 Å². The normalized spacial score (nSPS) is 11.6. The van der Waals surface area contributed by atoms with Crippen molar-refractivity contribution >= 4 is 35.7 Å². The van der Waals surface area contributed by atoms with Crippen molar-refractivity contribution in [3.63, 3.8) is 0 Å². The Hall–Kier alpha value is -1.05. The summed E-state index contributed by atoms with van der Waals surface area (Å²) >= 11 is 3.26. The molecular weight excluding hydrogens is 368 g/mol. The zero-order valence-corrected chi connectivity index (χ0v) is 13.7. The first-order chi connectivity index (χ1) is 9.38. The molecule has 0 amide bonds. The van der Waals surface area contributed by atoms with Crippen LogP contribution >= 0.6 is 26.6 Å². The maximum Gasteiger partial charge on any atom is 0.261 e. The van der Waals surface area contributed by atoms with Gasteiger partial charge in [-0.1, -0.05) is 0 Å². The van der Waals surface area contributed by atoms with Gasteiger partial charge in [-0.25, -0.2) is 13.4 Å². The van der Waals surface area contributed by atoms with E-state index in [1.165, 1.54) is 12.1 Å². The van der Waals surface area contributed by atoms with E-state index in [2.05, 4.69) is 20.9 Å². The van der Waals surface area contributed by atoms with Crippen molar-refractivity contribution in [1.82, 2.24) is 9.55 Å². The highest BCUT2D eigenvalue weighted by molar-refractivity contribution is 9.10. The van der Waals surface area contributed by atoms with Crippen LogP contribution in [-0.4, -0.2) is 24.6 Å². The molecule has 2 aromatic rings. The molecule has 0 saturated carbocycles. The second kappa shape index (κ2) is 6.15. The molecule has 0 aliphatic rings. The van der Waals surface area contributed by atoms with Crippen molar-refractivity contribution in [2.45, 2.75) is 11.3 Å². The van der Waals surface area contributed by atoms with Crippen LogP contribution < -0.4 is 4.74 Å². The predicted molar refractivity (Wildman–Crippen MR) is 79.6 cm³/mol. The van der Waals surface area contributed by atoms with E-state index in [4.69, 9.17) is 15.4 Å². The summed E-state index contributed by atoms with van der Waals surface area (Å²) in [6, 6.07) is 4.39. The SMILES string of the molecule is Cn1ccnc1CCOc1ccc(S(=O)(=O)Cl)cc1Br. The average Bonchev–Trinajstić information content (AvgIpc) is 2.76. The molecule has 8 heteroatoms. The minimum atomic E-state index is -3.73. The van der Waals surface area contributed by atoms with Crippen molar-refractivity contribution < 1.29 is 13.2 Å². The Morgan fingerprint density at radius 1 is 1.45 bits per heavy atom. The van der Waals surface area contributed by atoms with Crippen molar-refractivity contribution in [1.29, 1.82) is 0 Å². The van der Waals surface area contributed by atoms with Gasteiger partial charge in [-0.15, -0.1) is 0 Å². The molecule has 0 N–H and O–H groups in total. The second-order valence-electron chi connectivity index (χ2n) is 4.08. The van der Waals surface area contributed by atoms with Gasteiger partial charge in [0.05, 0.1) is 16.0 Å². The molecule has 0 spiro atoms. The van der Waals surface area contributed by atoms with Crippen molar-refractivity contribution in [2.24, 2.45) is 7.05 Å². The van der Waals surface area contributed by atoms with Crippen LogP contribution in [0.25, 0.3) is 0 Å². The van der Waals surface area contributed by atoms with Crippen LogP contribution in [0.3, 0.4) is 0 Å². The second-order valence-corrected chi connectivity index (χ2v) is 7.50. The van der Waals surface area contributed by atoms with Gasteiger partial charge >= 0.3 is 0 Å². The molecular formula is C12H12BrClN2O3S. The molecule has 0 unspecified atom stereocenters. The molecule has 0 bridgehead atoms. The molecule has 0 radical (unpaired) electrons. The first-order valence-corrected chi connectivity index (χ1v) is 8.81. The first kappa shape index (κ1) is 15.3. The molecule has 20 heavy (non-hydrogen) atoms. The standard InChI is InChI=1S/C12H12BrClN2O3S/c1-16-6-5-15-12(16)4-7-19-11-3-2-9(8-10(11)13)20(14,17)18/h2-3,5-6,8H,4,7H2,1H3. The molecule has 1 aromatic carbocycles. The average molecular weight is 380 g/mol. The van der Waals surface area contributed by atoms with Crippen LogP contribution in [0.15, 0.2) is 40.0 Å². The predicted octanol–water partition coefficient (Wildman–Crippen LogP) is 2.73.